The molecule has 8 nitrogen and oxygen atoms in total. The topological polar surface area (TPSA) is 70.4 Å². The van der Waals surface area contributed by atoms with Gasteiger partial charge in [-0.15, -0.1) is 0 Å². The number of likely N-dealkylation sites (N-methyl/N-ethyl adjacent to an activating group) is 2. The predicted molar refractivity (Wildman–Crippen MR) is 175 cm³/mol. The number of aliphatic hydroxyl groups excluding tert-OH is 1. The van der Waals surface area contributed by atoms with E-state index in [1.54, 1.807) is 0 Å². The van der Waals surface area contributed by atoms with Gasteiger partial charge < -0.3 is 28.9 Å². The molecule has 3 heterocycles. The van der Waals surface area contributed by atoms with Crippen LogP contribution in [0.1, 0.15) is 35.5 Å². The van der Waals surface area contributed by atoms with Gasteiger partial charge in [0.15, 0.2) is 0 Å². The van der Waals surface area contributed by atoms with E-state index in [4.69, 9.17) is 9.47 Å². The summed E-state index contributed by atoms with van der Waals surface area (Å²) in [7, 11) is 6.17. The molecule has 0 unspecified atom stereocenters. The van der Waals surface area contributed by atoms with E-state index < -0.39 is 0 Å². The molecule has 0 saturated heterocycles. The zero-order valence-corrected chi connectivity index (χ0v) is 26.5. The molecule has 44 heavy (non-hydrogen) atoms. The van der Waals surface area contributed by atoms with E-state index in [9.17, 15) is 9.90 Å². The summed E-state index contributed by atoms with van der Waals surface area (Å²) in [5.74, 6) is 0.870. The Kier molecular flexibility index (Phi) is 8.67. The second-order valence-corrected chi connectivity index (χ2v) is 12.5. The van der Waals surface area contributed by atoms with Gasteiger partial charge >= 0.3 is 0 Å². The van der Waals surface area contributed by atoms with Gasteiger partial charge in [0.25, 0.3) is 5.91 Å². The third-order valence-electron chi connectivity index (χ3n) is 9.29. The molecule has 3 atom stereocenters. The van der Waals surface area contributed by atoms with Crippen LogP contribution in [0.15, 0.2) is 66.7 Å². The van der Waals surface area contributed by atoms with Crippen molar-refractivity contribution in [3.05, 3.63) is 83.6 Å². The number of carbonyl (C=O) groups excluding carboxylic acids is 1. The first-order chi connectivity index (χ1) is 21.3. The highest BCUT2D eigenvalue weighted by molar-refractivity contribution is 6.10. The quantitative estimate of drug-likeness (QED) is 0.332. The van der Waals surface area contributed by atoms with E-state index in [2.05, 4.69) is 73.3 Å². The lowest BCUT2D eigenvalue weighted by Gasteiger charge is -2.35. The number of hydrogen-bond donors (Lipinski definition) is 1. The number of rotatable bonds is 6. The summed E-state index contributed by atoms with van der Waals surface area (Å²) in [4.78, 5) is 20.9. The molecular weight excluding hydrogens is 552 g/mol. The zero-order chi connectivity index (χ0) is 31.0. The molecule has 1 aromatic heterocycles. The largest absolute Gasteiger partial charge is 0.490 e. The fourth-order valence-electron chi connectivity index (χ4n) is 6.71. The third kappa shape index (κ3) is 5.70. The Morgan fingerprint density at radius 1 is 1.07 bits per heavy atom. The Morgan fingerprint density at radius 3 is 2.66 bits per heavy atom. The Hall–Kier alpha value is -3.85. The molecule has 2 aliphatic rings. The van der Waals surface area contributed by atoms with Crippen molar-refractivity contribution in [1.29, 1.82) is 0 Å². The van der Waals surface area contributed by atoms with Gasteiger partial charge in [-0.05, 0) is 48.9 Å². The Bertz CT molecular complexity index is 1650. The number of fused-ring (bicyclic) bond motifs is 6. The number of aromatic nitrogens is 1. The van der Waals surface area contributed by atoms with E-state index in [1.165, 1.54) is 5.56 Å². The average Bonchev–Trinajstić information content (AvgIpc) is 3.32. The van der Waals surface area contributed by atoms with Gasteiger partial charge in [0.2, 0.25) is 0 Å². The van der Waals surface area contributed by atoms with Crippen molar-refractivity contribution in [2.24, 2.45) is 13.0 Å². The number of hydrogen-bond acceptors (Lipinski definition) is 6. The minimum Gasteiger partial charge on any atom is -0.490 e. The molecule has 1 N–H and O–H groups in total. The van der Waals surface area contributed by atoms with Crippen LogP contribution in [0.25, 0.3) is 22.0 Å². The Labute approximate surface area is 260 Å². The minimum atomic E-state index is -0.348. The van der Waals surface area contributed by atoms with Gasteiger partial charge in [-0.2, -0.15) is 0 Å². The average molecular weight is 597 g/mol. The smallest absolute Gasteiger partial charge is 0.271 e. The molecular formula is C36H44N4O4. The highest BCUT2D eigenvalue weighted by atomic mass is 16.5. The molecule has 1 amide bonds. The minimum absolute atomic E-state index is 0.0133. The first-order valence-electron chi connectivity index (χ1n) is 15.6. The fourth-order valence-corrected chi connectivity index (χ4v) is 6.71. The van der Waals surface area contributed by atoms with Crippen LogP contribution >= 0.6 is 0 Å². The fraction of sp³-hybridized carbons (Fsp3) is 0.417. The van der Waals surface area contributed by atoms with Crippen molar-refractivity contribution < 1.29 is 19.4 Å². The molecule has 0 radical (unpaired) electrons. The van der Waals surface area contributed by atoms with E-state index >= 15 is 0 Å². The first kappa shape index (κ1) is 30.2. The molecule has 8 heteroatoms. The molecule has 6 rings (SSSR count). The molecule has 0 bridgehead atoms. The molecule has 0 fully saturated rings. The second kappa shape index (κ2) is 12.6. The van der Waals surface area contributed by atoms with Gasteiger partial charge in [0.05, 0.1) is 37.6 Å². The maximum Gasteiger partial charge on any atom is 0.271 e. The SMILES string of the molecule is C[C@H](CO)N1C[C@H](C)[C@@H](CN(C)Cc2ccc3c(c2)OCCN3C)OCc2ccccc2-c2c(n(C)c3ccccc23)C1=O. The zero-order valence-electron chi connectivity index (χ0n) is 26.5. The number of anilines is 1. The molecule has 2 aliphatic heterocycles. The van der Waals surface area contributed by atoms with Crippen molar-refractivity contribution in [2.45, 2.75) is 39.1 Å². The van der Waals surface area contributed by atoms with Gasteiger partial charge in [-0.3, -0.25) is 9.69 Å². The van der Waals surface area contributed by atoms with Crippen molar-refractivity contribution in [3.8, 4) is 16.9 Å². The summed E-state index contributed by atoms with van der Waals surface area (Å²) in [5.41, 5.74) is 6.93. The number of para-hydroxylation sites is 1. The maximum atomic E-state index is 14.6. The normalized spacial score (nSPS) is 19.7. The van der Waals surface area contributed by atoms with Gasteiger partial charge in [0.1, 0.15) is 18.1 Å². The van der Waals surface area contributed by atoms with E-state index in [-0.39, 0.29) is 30.6 Å². The lowest BCUT2D eigenvalue weighted by atomic mass is 9.96. The highest BCUT2D eigenvalue weighted by Crippen LogP contribution is 2.38. The van der Waals surface area contributed by atoms with Gasteiger partial charge in [0, 0.05) is 56.1 Å². The van der Waals surface area contributed by atoms with Crippen LogP contribution in [0, 0.1) is 5.92 Å². The van der Waals surface area contributed by atoms with E-state index in [0.717, 1.165) is 52.1 Å². The number of ether oxygens (including phenoxy) is 2. The Balaban J connectivity index is 1.34. The lowest BCUT2D eigenvalue weighted by molar-refractivity contribution is -0.0242. The number of aryl methyl sites for hydroxylation is 1. The molecule has 0 aliphatic carbocycles. The van der Waals surface area contributed by atoms with Crippen LogP contribution < -0.4 is 9.64 Å². The molecule has 0 spiro atoms. The second-order valence-electron chi connectivity index (χ2n) is 12.5. The van der Waals surface area contributed by atoms with Crippen LogP contribution in [-0.4, -0.2) is 84.5 Å². The van der Waals surface area contributed by atoms with E-state index in [1.807, 2.05) is 47.7 Å². The Morgan fingerprint density at radius 2 is 1.84 bits per heavy atom. The highest BCUT2D eigenvalue weighted by Gasteiger charge is 2.33. The standard InChI is InChI=1S/C36H44N4O4/c1-24-19-40(25(2)22-41)36(42)35-34(29-12-8-9-13-30(29)39(35)5)28-11-7-6-10-27(28)23-44-33(24)21-37(3)20-26-14-15-31-32(18-26)43-17-16-38(31)4/h6-15,18,24-25,33,41H,16-17,19-23H2,1-5H3/t24-,25+,33+/m0/s1. The summed E-state index contributed by atoms with van der Waals surface area (Å²) in [5, 5.41) is 11.3. The summed E-state index contributed by atoms with van der Waals surface area (Å²) in [6.45, 7) is 7.87. The van der Waals surface area contributed by atoms with Crippen molar-refractivity contribution >= 4 is 22.5 Å². The molecule has 3 aromatic carbocycles. The monoisotopic (exact) mass is 596 g/mol. The van der Waals surface area contributed by atoms with E-state index in [0.29, 0.717) is 32.0 Å². The first-order valence-corrected chi connectivity index (χ1v) is 15.6. The molecule has 4 aromatic rings. The van der Waals surface area contributed by atoms with Gasteiger partial charge in [-0.25, -0.2) is 0 Å². The number of aliphatic hydroxyl groups is 1. The van der Waals surface area contributed by atoms with Gasteiger partial charge in [-0.1, -0.05) is 55.5 Å². The van der Waals surface area contributed by atoms with Crippen molar-refractivity contribution in [2.75, 3.05) is 51.8 Å². The summed E-state index contributed by atoms with van der Waals surface area (Å²) < 4.78 is 14.7. The van der Waals surface area contributed by atoms with Crippen LogP contribution in [-0.2, 0) is 24.9 Å². The molecule has 0 saturated carbocycles. The van der Waals surface area contributed by atoms with Crippen LogP contribution in [0.5, 0.6) is 5.75 Å². The number of amides is 1. The summed E-state index contributed by atoms with van der Waals surface area (Å²) in [6, 6.07) is 22.5. The molecule has 232 valence electrons. The predicted octanol–water partition coefficient (Wildman–Crippen LogP) is 5.16. The number of nitrogens with zero attached hydrogens (tertiary/aromatic N) is 4. The van der Waals surface area contributed by atoms with Crippen molar-refractivity contribution in [1.82, 2.24) is 14.4 Å². The summed E-state index contributed by atoms with van der Waals surface area (Å²) in [6.07, 6.45) is -0.146. The van der Waals surface area contributed by atoms with Crippen molar-refractivity contribution in [3.63, 3.8) is 0 Å². The summed E-state index contributed by atoms with van der Waals surface area (Å²) >= 11 is 0. The van der Waals surface area contributed by atoms with Crippen LogP contribution in [0.3, 0.4) is 0 Å². The number of carbonyl (C=O) groups is 1. The third-order valence-corrected chi connectivity index (χ3v) is 9.29. The lowest BCUT2D eigenvalue weighted by Crippen LogP contribution is -2.47. The number of benzene rings is 3. The maximum absolute atomic E-state index is 14.6. The van der Waals surface area contributed by atoms with Crippen LogP contribution in [0.2, 0.25) is 0 Å². The van der Waals surface area contributed by atoms with Crippen LogP contribution in [0.4, 0.5) is 5.69 Å².